The highest BCUT2D eigenvalue weighted by molar-refractivity contribution is 5.64. The van der Waals surface area contributed by atoms with E-state index in [0.29, 0.717) is 6.54 Å². The van der Waals surface area contributed by atoms with Gasteiger partial charge in [-0.2, -0.15) is 0 Å². The summed E-state index contributed by atoms with van der Waals surface area (Å²) in [6, 6.07) is 25.4. The third-order valence-corrected chi connectivity index (χ3v) is 4.89. The monoisotopic (exact) mass is 351 g/mol. The van der Waals surface area contributed by atoms with E-state index in [-0.39, 0.29) is 5.92 Å². The Morgan fingerprint density at radius 3 is 1.19 bits per heavy atom. The van der Waals surface area contributed by atoms with E-state index in [1.165, 1.54) is 33.4 Å². The number of hydrogen-bond donors (Lipinski definition) is 1. The first-order valence-corrected chi connectivity index (χ1v) is 9.06. The predicted molar refractivity (Wildman–Crippen MR) is 110 cm³/mol. The molecule has 3 heteroatoms. The lowest BCUT2D eigenvalue weighted by Gasteiger charge is -2.17. The van der Waals surface area contributed by atoms with Crippen LogP contribution in [0.25, 0.3) is 22.3 Å². The molecule has 0 amide bonds. The topological polar surface area (TPSA) is 51.8 Å². The minimum Gasteiger partial charge on any atom is -0.330 e. The lowest BCUT2D eigenvalue weighted by atomic mass is 9.89. The molecule has 0 saturated carbocycles. The van der Waals surface area contributed by atoms with Gasteiger partial charge >= 0.3 is 0 Å². The normalized spacial score (nSPS) is 10.9. The van der Waals surface area contributed by atoms with Gasteiger partial charge in [0.1, 0.15) is 0 Å². The minimum absolute atomic E-state index is 0.183. The Balaban J connectivity index is 1.58. The summed E-state index contributed by atoms with van der Waals surface area (Å²) in [5.74, 6) is 0.183. The van der Waals surface area contributed by atoms with E-state index in [1.54, 1.807) is 0 Å². The molecule has 0 spiro atoms. The van der Waals surface area contributed by atoms with Crippen LogP contribution in [-0.2, 0) is 0 Å². The van der Waals surface area contributed by atoms with Crippen molar-refractivity contribution in [3.8, 4) is 22.3 Å². The first kappa shape index (κ1) is 17.1. The molecule has 0 radical (unpaired) electrons. The average molecular weight is 351 g/mol. The van der Waals surface area contributed by atoms with Crippen LogP contribution in [-0.4, -0.2) is 16.5 Å². The fourth-order valence-electron chi connectivity index (χ4n) is 3.37. The molecule has 0 unspecified atom stereocenters. The maximum Gasteiger partial charge on any atom is 0.0273 e. The van der Waals surface area contributed by atoms with Crippen molar-refractivity contribution in [2.75, 3.05) is 6.54 Å². The molecule has 2 heterocycles. The highest BCUT2D eigenvalue weighted by atomic mass is 14.6. The maximum atomic E-state index is 6.12. The summed E-state index contributed by atoms with van der Waals surface area (Å²) in [7, 11) is 0. The summed E-state index contributed by atoms with van der Waals surface area (Å²) in [4.78, 5) is 8.16. The Hall–Kier alpha value is -3.30. The van der Waals surface area contributed by atoms with Crippen molar-refractivity contribution >= 4 is 0 Å². The molecule has 27 heavy (non-hydrogen) atoms. The van der Waals surface area contributed by atoms with Crippen molar-refractivity contribution < 1.29 is 0 Å². The van der Waals surface area contributed by atoms with Gasteiger partial charge in [-0.3, -0.25) is 9.97 Å². The van der Waals surface area contributed by atoms with E-state index in [1.807, 2.05) is 49.1 Å². The number of nitrogens with zero attached hydrogens (tertiary/aromatic N) is 2. The van der Waals surface area contributed by atoms with Crippen molar-refractivity contribution in [1.29, 1.82) is 0 Å². The quantitative estimate of drug-likeness (QED) is 0.556. The van der Waals surface area contributed by atoms with Gasteiger partial charge in [0.2, 0.25) is 0 Å². The van der Waals surface area contributed by atoms with Gasteiger partial charge in [0.25, 0.3) is 0 Å². The fourth-order valence-corrected chi connectivity index (χ4v) is 3.37. The second kappa shape index (κ2) is 7.94. The van der Waals surface area contributed by atoms with Gasteiger partial charge in [0, 0.05) is 37.3 Å². The smallest absolute Gasteiger partial charge is 0.0273 e. The van der Waals surface area contributed by atoms with Crippen LogP contribution in [0.2, 0.25) is 0 Å². The Morgan fingerprint density at radius 1 is 0.519 bits per heavy atom. The average Bonchev–Trinajstić information content (AvgIpc) is 2.76. The first-order chi connectivity index (χ1) is 13.3. The van der Waals surface area contributed by atoms with E-state index in [0.717, 1.165) is 0 Å². The predicted octanol–water partition coefficient (Wildman–Crippen LogP) is 4.90. The summed E-state index contributed by atoms with van der Waals surface area (Å²) >= 11 is 0. The molecule has 132 valence electrons. The number of benzene rings is 2. The van der Waals surface area contributed by atoms with Gasteiger partial charge in [0.05, 0.1) is 0 Å². The van der Waals surface area contributed by atoms with E-state index >= 15 is 0 Å². The standard InChI is InChI=1S/C24H21N3/c25-17-24(22-5-1-18(2-6-22)20-9-13-26-14-10-20)23-7-3-19(4-8-23)21-11-15-27-16-12-21/h1-16,24H,17,25H2. The lowest BCUT2D eigenvalue weighted by Crippen LogP contribution is -2.13. The van der Waals surface area contributed by atoms with Gasteiger partial charge in [-0.05, 0) is 57.6 Å². The third-order valence-electron chi connectivity index (χ3n) is 4.89. The summed E-state index contributed by atoms with van der Waals surface area (Å²) < 4.78 is 0. The van der Waals surface area contributed by atoms with Crippen LogP contribution in [0.15, 0.2) is 97.6 Å². The zero-order valence-corrected chi connectivity index (χ0v) is 15.0. The van der Waals surface area contributed by atoms with Crippen molar-refractivity contribution in [3.63, 3.8) is 0 Å². The van der Waals surface area contributed by atoms with Crippen LogP contribution in [0.1, 0.15) is 17.0 Å². The zero-order valence-electron chi connectivity index (χ0n) is 15.0. The number of aromatic nitrogens is 2. The zero-order chi connectivity index (χ0) is 18.5. The van der Waals surface area contributed by atoms with E-state index < -0.39 is 0 Å². The minimum atomic E-state index is 0.183. The summed E-state index contributed by atoms with van der Waals surface area (Å²) in [5.41, 5.74) is 13.3. The Morgan fingerprint density at radius 2 is 0.852 bits per heavy atom. The molecular formula is C24H21N3. The van der Waals surface area contributed by atoms with Crippen LogP contribution in [0, 0.1) is 0 Å². The van der Waals surface area contributed by atoms with Gasteiger partial charge in [0.15, 0.2) is 0 Å². The molecule has 0 aliphatic heterocycles. The van der Waals surface area contributed by atoms with Crippen LogP contribution >= 0.6 is 0 Å². The van der Waals surface area contributed by atoms with Crippen LogP contribution < -0.4 is 5.73 Å². The molecule has 0 bridgehead atoms. The number of nitrogens with two attached hydrogens (primary N) is 1. The first-order valence-electron chi connectivity index (χ1n) is 9.06. The number of rotatable bonds is 5. The molecule has 2 aromatic carbocycles. The fraction of sp³-hybridized carbons (Fsp3) is 0.0833. The summed E-state index contributed by atoms with van der Waals surface area (Å²) in [6.07, 6.45) is 7.26. The van der Waals surface area contributed by atoms with Crippen LogP contribution in [0.5, 0.6) is 0 Å². The molecule has 0 aliphatic carbocycles. The van der Waals surface area contributed by atoms with Crippen LogP contribution in [0.4, 0.5) is 0 Å². The third kappa shape index (κ3) is 3.78. The molecule has 4 rings (SSSR count). The SMILES string of the molecule is NCC(c1ccc(-c2ccncc2)cc1)c1ccc(-c2ccncc2)cc1. The lowest BCUT2D eigenvalue weighted by molar-refractivity contribution is 0.819. The highest BCUT2D eigenvalue weighted by Gasteiger charge is 2.13. The van der Waals surface area contributed by atoms with E-state index in [9.17, 15) is 0 Å². The van der Waals surface area contributed by atoms with Gasteiger partial charge in [-0.25, -0.2) is 0 Å². The molecule has 0 aliphatic rings. The van der Waals surface area contributed by atoms with E-state index in [4.69, 9.17) is 5.73 Å². The summed E-state index contributed by atoms with van der Waals surface area (Å²) in [6.45, 7) is 0.573. The maximum absolute atomic E-state index is 6.12. The van der Waals surface area contributed by atoms with Crippen molar-refractivity contribution in [3.05, 3.63) is 109 Å². The Bertz CT molecular complexity index is 896. The summed E-state index contributed by atoms with van der Waals surface area (Å²) in [5, 5.41) is 0. The molecule has 4 aromatic rings. The Kier molecular flexibility index (Phi) is 5.04. The molecule has 0 atom stereocenters. The number of hydrogen-bond acceptors (Lipinski definition) is 3. The van der Waals surface area contributed by atoms with Gasteiger partial charge in [-0.1, -0.05) is 48.5 Å². The molecule has 0 saturated heterocycles. The second-order valence-electron chi connectivity index (χ2n) is 6.50. The van der Waals surface area contributed by atoms with Crippen molar-refractivity contribution in [1.82, 2.24) is 9.97 Å². The van der Waals surface area contributed by atoms with Crippen molar-refractivity contribution in [2.45, 2.75) is 5.92 Å². The Labute approximate surface area is 159 Å². The number of pyridine rings is 2. The molecule has 2 aromatic heterocycles. The molecular weight excluding hydrogens is 330 g/mol. The van der Waals surface area contributed by atoms with Gasteiger partial charge < -0.3 is 5.73 Å². The molecule has 3 nitrogen and oxygen atoms in total. The van der Waals surface area contributed by atoms with Gasteiger partial charge in [-0.15, -0.1) is 0 Å². The molecule has 2 N–H and O–H groups in total. The van der Waals surface area contributed by atoms with E-state index in [2.05, 4.69) is 58.5 Å². The highest BCUT2D eigenvalue weighted by Crippen LogP contribution is 2.28. The largest absolute Gasteiger partial charge is 0.330 e. The molecule has 0 fully saturated rings. The van der Waals surface area contributed by atoms with Crippen LogP contribution in [0.3, 0.4) is 0 Å². The van der Waals surface area contributed by atoms with Crippen molar-refractivity contribution in [2.24, 2.45) is 5.73 Å². The second-order valence-corrected chi connectivity index (χ2v) is 6.50.